The maximum Gasteiger partial charge on any atom is 0.417 e. The van der Waals surface area contributed by atoms with Gasteiger partial charge in [0.1, 0.15) is 5.82 Å². The molecule has 3 aromatic heterocycles. The van der Waals surface area contributed by atoms with Crippen molar-refractivity contribution in [1.82, 2.24) is 24.6 Å². The van der Waals surface area contributed by atoms with Crippen LogP contribution in [0.3, 0.4) is 0 Å². The third-order valence-corrected chi connectivity index (χ3v) is 6.15. The molecule has 0 unspecified atom stereocenters. The normalized spacial score (nSPS) is 19.8. The number of amides is 1. The van der Waals surface area contributed by atoms with Crippen LogP contribution in [-0.4, -0.2) is 55.6 Å². The van der Waals surface area contributed by atoms with Crippen molar-refractivity contribution in [2.45, 2.75) is 38.4 Å². The van der Waals surface area contributed by atoms with Crippen LogP contribution in [0.25, 0.3) is 11.3 Å². The van der Waals surface area contributed by atoms with Gasteiger partial charge in [-0.2, -0.15) is 18.3 Å². The Labute approximate surface area is 204 Å². The van der Waals surface area contributed by atoms with E-state index in [1.54, 1.807) is 38.5 Å². The SMILES string of the molecule is Cc1ccnc(-c2cn(C)nc2C(=O)N2CC(F)(F)C[C@@H](C)[C@H]2CNc2ccc(C(F)(F)F)cn2)c1. The lowest BCUT2D eigenvalue weighted by molar-refractivity contribution is -0.137. The molecule has 36 heavy (non-hydrogen) atoms. The van der Waals surface area contributed by atoms with Gasteiger partial charge in [0, 0.05) is 38.6 Å². The Morgan fingerprint density at radius 2 is 1.97 bits per heavy atom. The Hall–Kier alpha value is -3.57. The molecule has 1 aliphatic heterocycles. The summed E-state index contributed by atoms with van der Waals surface area (Å²) in [5.41, 5.74) is 0.920. The van der Waals surface area contributed by atoms with Gasteiger partial charge < -0.3 is 10.2 Å². The van der Waals surface area contributed by atoms with E-state index in [0.29, 0.717) is 17.5 Å². The van der Waals surface area contributed by atoms with E-state index in [9.17, 15) is 26.7 Å². The number of piperidine rings is 1. The molecule has 0 aromatic carbocycles. The molecule has 1 saturated heterocycles. The highest BCUT2D eigenvalue weighted by atomic mass is 19.4. The molecule has 0 bridgehead atoms. The number of rotatable bonds is 5. The third-order valence-electron chi connectivity index (χ3n) is 6.15. The van der Waals surface area contributed by atoms with Gasteiger partial charge in [-0.25, -0.2) is 13.8 Å². The average Bonchev–Trinajstić information content (AvgIpc) is 3.18. The van der Waals surface area contributed by atoms with E-state index in [0.717, 1.165) is 22.6 Å². The predicted octanol–water partition coefficient (Wildman–Crippen LogP) is 4.80. The van der Waals surface area contributed by atoms with E-state index < -0.39 is 48.5 Å². The monoisotopic (exact) mass is 508 g/mol. The van der Waals surface area contributed by atoms with Crippen LogP contribution in [-0.2, 0) is 13.2 Å². The summed E-state index contributed by atoms with van der Waals surface area (Å²) in [6.45, 7) is 2.70. The highest BCUT2D eigenvalue weighted by molar-refractivity contribution is 5.99. The number of halogens is 5. The molecule has 3 aromatic rings. The maximum atomic E-state index is 14.6. The van der Waals surface area contributed by atoms with E-state index in [2.05, 4.69) is 20.4 Å². The van der Waals surface area contributed by atoms with Crippen molar-refractivity contribution >= 4 is 11.7 Å². The van der Waals surface area contributed by atoms with Gasteiger partial charge in [0.2, 0.25) is 0 Å². The summed E-state index contributed by atoms with van der Waals surface area (Å²) in [6.07, 6.45) is -1.06. The lowest BCUT2D eigenvalue weighted by atomic mass is 9.88. The van der Waals surface area contributed by atoms with Crippen molar-refractivity contribution in [3.05, 3.63) is 59.7 Å². The van der Waals surface area contributed by atoms with Crippen molar-refractivity contribution in [1.29, 1.82) is 0 Å². The van der Waals surface area contributed by atoms with Crippen LogP contribution in [0.15, 0.2) is 42.9 Å². The van der Waals surface area contributed by atoms with Crippen LogP contribution in [0.4, 0.5) is 27.8 Å². The Kier molecular flexibility index (Phi) is 6.72. The summed E-state index contributed by atoms with van der Waals surface area (Å²) in [4.78, 5) is 22.8. The van der Waals surface area contributed by atoms with Gasteiger partial charge in [-0.05, 0) is 42.7 Å². The molecular weight excluding hydrogens is 483 g/mol. The second kappa shape index (κ2) is 9.47. The number of hydrogen-bond donors (Lipinski definition) is 1. The van der Waals surface area contributed by atoms with E-state index in [1.165, 1.54) is 4.68 Å². The van der Waals surface area contributed by atoms with Gasteiger partial charge >= 0.3 is 6.18 Å². The molecule has 2 atom stereocenters. The lowest BCUT2D eigenvalue weighted by Crippen LogP contribution is -2.57. The molecule has 12 heteroatoms. The van der Waals surface area contributed by atoms with Crippen molar-refractivity contribution in [2.24, 2.45) is 13.0 Å². The molecule has 1 aliphatic rings. The van der Waals surface area contributed by atoms with Crippen molar-refractivity contribution in [3.63, 3.8) is 0 Å². The zero-order valence-corrected chi connectivity index (χ0v) is 19.9. The van der Waals surface area contributed by atoms with Crippen LogP contribution >= 0.6 is 0 Å². The molecule has 4 rings (SSSR count). The smallest absolute Gasteiger partial charge is 0.368 e. The summed E-state index contributed by atoms with van der Waals surface area (Å²) >= 11 is 0. The topological polar surface area (TPSA) is 75.9 Å². The summed E-state index contributed by atoms with van der Waals surface area (Å²) in [6, 6.07) is 4.94. The number of aromatic nitrogens is 4. The van der Waals surface area contributed by atoms with Crippen LogP contribution in [0, 0.1) is 12.8 Å². The van der Waals surface area contributed by atoms with Gasteiger partial charge in [-0.3, -0.25) is 14.5 Å². The molecule has 192 valence electrons. The fourth-order valence-electron chi connectivity index (χ4n) is 4.41. The zero-order valence-electron chi connectivity index (χ0n) is 19.9. The lowest BCUT2D eigenvalue weighted by Gasteiger charge is -2.43. The molecule has 1 amide bonds. The summed E-state index contributed by atoms with van der Waals surface area (Å²) in [5, 5.41) is 7.14. The first-order valence-electron chi connectivity index (χ1n) is 11.3. The number of nitrogens with one attached hydrogen (secondary N) is 1. The van der Waals surface area contributed by atoms with Crippen LogP contribution < -0.4 is 5.32 Å². The first-order chi connectivity index (χ1) is 16.8. The van der Waals surface area contributed by atoms with Crippen molar-refractivity contribution in [3.8, 4) is 11.3 Å². The fourth-order valence-corrected chi connectivity index (χ4v) is 4.41. The molecule has 4 heterocycles. The first-order valence-corrected chi connectivity index (χ1v) is 11.3. The van der Waals surface area contributed by atoms with Gasteiger partial charge in [-0.15, -0.1) is 0 Å². The second-order valence-electron chi connectivity index (χ2n) is 9.13. The van der Waals surface area contributed by atoms with Crippen LogP contribution in [0.1, 0.15) is 35.0 Å². The largest absolute Gasteiger partial charge is 0.417 e. The van der Waals surface area contributed by atoms with Crippen molar-refractivity contribution in [2.75, 3.05) is 18.4 Å². The van der Waals surface area contributed by atoms with Crippen LogP contribution in [0.2, 0.25) is 0 Å². The Morgan fingerprint density at radius 3 is 2.61 bits per heavy atom. The number of alkyl halides is 5. The number of nitrogens with zero attached hydrogens (tertiary/aromatic N) is 5. The molecule has 7 nitrogen and oxygen atoms in total. The summed E-state index contributed by atoms with van der Waals surface area (Å²) in [7, 11) is 1.62. The number of anilines is 1. The first kappa shape index (κ1) is 25.5. The van der Waals surface area contributed by atoms with Gasteiger partial charge in [0.25, 0.3) is 11.8 Å². The number of carbonyl (C=O) groups excluding carboxylic acids is 1. The molecule has 1 fully saturated rings. The van der Waals surface area contributed by atoms with Crippen molar-refractivity contribution < 1.29 is 26.7 Å². The second-order valence-corrected chi connectivity index (χ2v) is 9.13. The molecule has 0 saturated carbocycles. The number of hydrogen-bond acceptors (Lipinski definition) is 5. The Morgan fingerprint density at radius 1 is 1.22 bits per heavy atom. The van der Waals surface area contributed by atoms with Gasteiger partial charge in [-0.1, -0.05) is 6.92 Å². The van der Waals surface area contributed by atoms with E-state index in [-0.39, 0.29) is 18.1 Å². The summed E-state index contributed by atoms with van der Waals surface area (Å²) in [5.74, 6) is -4.24. The minimum Gasteiger partial charge on any atom is -0.368 e. The van der Waals surface area contributed by atoms with Gasteiger partial charge in [0.05, 0.1) is 29.4 Å². The third kappa shape index (κ3) is 5.47. The Bertz CT molecular complexity index is 1240. The standard InChI is InChI=1S/C24H25F5N6O/c1-14-6-7-30-18(8-14)17-12-34(3)33-21(17)22(36)35-13-23(25,26)9-15(2)19(35)11-32-20-5-4-16(10-31-20)24(27,28)29/h4-8,10,12,15,19H,9,11,13H2,1-3H3,(H,31,32)/t15-,19-/m1/s1. The van der Waals surface area contributed by atoms with E-state index >= 15 is 0 Å². The minimum atomic E-state index is -4.52. The van der Waals surface area contributed by atoms with E-state index in [1.807, 2.05) is 6.92 Å². The zero-order chi connectivity index (χ0) is 26.3. The number of likely N-dealkylation sites (tertiary alicyclic amines) is 1. The maximum absolute atomic E-state index is 14.6. The molecular formula is C24H25F5N6O. The molecule has 0 spiro atoms. The minimum absolute atomic E-state index is 0.00171. The molecule has 1 N–H and O–H groups in total. The number of pyridine rings is 2. The highest BCUT2D eigenvalue weighted by Crippen LogP contribution is 2.36. The quantitative estimate of drug-likeness (QED) is 0.501. The predicted molar refractivity (Wildman–Crippen MR) is 122 cm³/mol. The Balaban J connectivity index is 1.61. The fraction of sp³-hybridized carbons (Fsp3) is 0.417. The average molecular weight is 508 g/mol. The highest BCUT2D eigenvalue weighted by Gasteiger charge is 2.47. The van der Waals surface area contributed by atoms with E-state index in [4.69, 9.17) is 0 Å². The van der Waals surface area contributed by atoms with Gasteiger partial charge in [0.15, 0.2) is 5.69 Å². The molecule has 0 aliphatic carbocycles. The van der Waals surface area contributed by atoms with Crippen LogP contribution in [0.5, 0.6) is 0 Å². The number of aryl methyl sites for hydroxylation is 2. The number of carbonyl (C=O) groups is 1. The summed E-state index contributed by atoms with van der Waals surface area (Å²) < 4.78 is 69.0. The molecule has 0 radical (unpaired) electrons.